The van der Waals surface area contributed by atoms with Crippen LogP contribution in [0.25, 0.3) is 0 Å². The number of halogens is 1. The van der Waals surface area contributed by atoms with E-state index in [9.17, 15) is 4.79 Å². The molecule has 18 heavy (non-hydrogen) atoms. The van der Waals surface area contributed by atoms with E-state index in [2.05, 4.69) is 26.6 Å². The maximum atomic E-state index is 11.4. The molecule has 1 atom stereocenters. The second-order valence-corrected chi connectivity index (χ2v) is 4.83. The average molecular weight is 310 g/mol. The Morgan fingerprint density at radius 3 is 2.72 bits per heavy atom. The van der Waals surface area contributed by atoms with Gasteiger partial charge in [0.25, 0.3) is 0 Å². The molecule has 0 heterocycles. The molecule has 2 N–H and O–H groups in total. The molecule has 0 saturated heterocycles. The predicted octanol–water partition coefficient (Wildman–Crippen LogP) is 2.13. The topological polar surface area (TPSA) is 64.9 Å². The molecule has 96 valence electrons. The van der Waals surface area contributed by atoms with E-state index < -0.39 is 0 Å². The first-order chi connectivity index (χ1) is 8.63. The maximum Gasteiger partial charge on any atom is 0.234 e. The van der Waals surface area contributed by atoms with Gasteiger partial charge in [-0.3, -0.25) is 4.79 Å². The van der Waals surface area contributed by atoms with Crippen molar-refractivity contribution in [3.05, 3.63) is 34.3 Å². The van der Waals surface area contributed by atoms with Gasteiger partial charge in [0.05, 0.1) is 19.0 Å². The van der Waals surface area contributed by atoms with Crippen molar-refractivity contribution < 1.29 is 4.79 Å². The zero-order chi connectivity index (χ0) is 13.4. The molecule has 0 bridgehead atoms. The highest BCUT2D eigenvalue weighted by Crippen LogP contribution is 2.16. The summed E-state index contributed by atoms with van der Waals surface area (Å²) < 4.78 is 1.03. The first kappa shape index (κ1) is 14.7. The van der Waals surface area contributed by atoms with Crippen LogP contribution in [0.15, 0.2) is 28.7 Å². The number of benzene rings is 1. The van der Waals surface area contributed by atoms with E-state index in [4.69, 9.17) is 5.26 Å². The highest BCUT2D eigenvalue weighted by atomic mass is 79.9. The Morgan fingerprint density at radius 1 is 1.44 bits per heavy atom. The summed E-state index contributed by atoms with van der Waals surface area (Å²) in [5.74, 6) is -0.0887. The fraction of sp³-hybridized carbons (Fsp3) is 0.385. The molecular weight excluding hydrogens is 294 g/mol. The zero-order valence-corrected chi connectivity index (χ0v) is 11.8. The molecule has 1 aromatic carbocycles. The lowest BCUT2D eigenvalue weighted by Crippen LogP contribution is -2.35. The van der Waals surface area contributed by atoms with Crippen LogP contribution in [0.4, 0.5) is 0 Å². The molecule has 1 rings (SSSR count). The SMILES string of the molecule is C[C@H](NCC(=O)NCCC#N)c1ccc(Br)cc1. The average Bonchev–Trinajstić information content (AvgIpc) is 2.37. The summed E-state index contributed by atoms with van der Waals surface area (Å²) >= 11 is 3.38. The third-order valence-corrected chi connectivity index (χ3v) is 3.03. The zero-order valence-electron chi connectivity index (χ0n) is 10.2. The molecule has 5 heteroatoms. The summed E-state index contributed by atoms with van der Waals surface area (Å²) in [6.45, 7) is 2.66. The minimum absolute atomic E-state index is 0.0887. The van der Waals surface area contributed by atoms with Crippen molar-refractivity contribution in [2.24, 2.45) is 0 Å². The lowest BCUT2D eigenvalue weighted by molar-refractivity contribution is -0.120. The van der Waals surface area contributed by atoms with E-state index in [1.54, 1.807) is 0 Å². The summed E-state index contributed by atoms with van der Waals surface area (Å²) in [4.78, 5) is 11.4. The fourth-order valence-electron chi connectivity index (χ4n) is 1.44. The number of hydrogen-bond acceptors (Lipinski definition) is 3. The van der Waals surface area contributed by atoms with E-state index >= 15 is 0 Å². The standard InChI is InChI=1S/C13H16BrN3O/c1-10(11-3-5-12(14)6-4-11)17-9-13(18)16-8-2-7-15/h3-6,10,17H,2,8-9H2,1H3,(H,16,18)/t10-/m0/s1. The monoisotopic (exact) mass is 309 g/mol. The Bertz CT molecular complexity index is 425. The van der Waals surface area contributed by atoms with Gasteiger partial charge in [-0.25, -0.2) is 0 Å². The lowest BCUT2D eigenvalue weighted by Gasteiger charge is -2.14. The molecule has 4 nitrogen and oxygen atoms in total. The molecular formula is C13H16BrN3O. The van der Waals surface area contributed by atoms with Crippen LogP contribution in [0, 0.1) is 11.3 Å². The number of nitrogens with zero attached hydrogens (tertiary/aromatic N) is 1. The van der Waals surface area contributed by atoms with Gasteiger partial charge < -0.3 is 10.6 Å². The Kier molecular flexibility index (Phi) is 6.40. The smallest absolute Gasteiger partial charge is 0.234 e. The Balaban J connectivity index is 2.32. The van der Waals surface area contributed by atoms with Gasteiger partial charge in [-0.15, -0.1) is 0 Å². The highest BCUT2D eigenvalue weighted by molar-refractivity contribution is 9.10. The van der Waals surface area contributed by atoms with Crippen LogP contribution in [0.1, 0.15) is 24.9 Å². The van der Waals surface area contributed by atoms with Crippen LogP contribution < -0.4 is 10.6 Å². The van der Waals surface area contributed by atoms with Gasteiger partial charge in [-0.1, -0.05) is 28.1 Å². The normalized spacial score (nSPS) is 11.6. The molecule has 0 radical (unpaired) electrons. The number of nitrogens with one attached hydrogen (secondary N) is 2. The quantitative estimate of drug-likeness (QED) is 0.791. The number of carbonyl (C=O) groups excluding carboxylic acids is 1. The minimum Gasteiger partial charge on any atom is -0.354 e. The highest BCUT2D eigenvalue weighted by Gasteiger charge is 2.07. The van der Waals surface area contributed by atoms with Gasteiger partial charge in [-0.2, -0.15) is 5.26 Å². The molecule has 0 aliphatic heterocycles. The second-order valence-electron chi connectivity index (χ2n) is 3.91. The number of carbonyl (C=O) groups is 1. The van der Waals surface area contributed by atoms with Gasteiger partial charge in [0.2, 0.25) is 5.91 Å². The molecule has 0 spiro atoms. The van der Waals surface area contributed by atoms with Crippen molar-refractivity contribution in [3.63, 3.8) is 0 Å². The van der Waals surface area contributed by atoms with Crippen LogP contribution in [-0.4, -0.2) is 19.0 Å². The van der Waals surface area contributed by atoms with Crippen LogP contribution in [0.5, 0.6) is 0 Å². The van der Waals surface area contributed by atoms with Crippen LogP contribution in [0.3, 0.4) is 0 Å². The number of hydrogen-bond donors (Lipinski definition) is 2. The summed E-state index contributed by atoms with van der Waals surface area (Å²) in [6, 6.07) is 10.1. The van der Waals surface area contributed by atoms with Crippen molar-refractivity contribution >= 4 is 21.8 Å². The number of rotatable bonds is 6. The van der Waals surface area contributed by atoms with Crippen molar-refractivity contribution in [3.8, 4) is 6.07 Å². The van der Waals surface area contributed by atoms with Gasteiger partial charge in [0.1, 0.15) is 0 Å². The molecule has 1 aromatic rings. The third kappa shape index (κ3) is 5.30. The van der Waals surface area contributed by atoms with Crippen LogP contribution in [-0.2, 0) is 4.79 Å². The molecule has 1 amide bonds. The number of amides is 1. The Labute approximate surface area is 116 Å². The van der Waals surface area contributed by atoms with Crippen LogP contribution >= 0.6 is 15.9 Å². The van der Waals surface area contributed by atoms with Gasteiger partial charge in [-0.05, 0) is 24.6 Å². The fourth-order valence-corrected chi connectivity index (χ4v) is 1.70. The van der Waals surface area contributed by atoms with Crippen molar-refractivity contribution in [2.75, 3.05) is 13.1 Å². The predicted molar refractivity (Wildman–Crippen MR) is 73.8 cm³/mol. The largest absolute Gasteiger partial charge is 0.354 e. The van der Waals surface area contributed by atoms with Gasteiger partial charge in [0.15, 0.2) is 0 Å². The van der Waals surface area contributed by atoms with Crippen molar-refractivity contribution in [1.29, 1.82) is 5.26 Å². The van der Waals surface area contributed by atoms with E-state index in [-0.39, 0.29) is 18.5 Å². The molecule has 0 aliphatic rings. The van der Waals surface area contributed by atoms with Gasteiger partial charge >= 0.3 is 0 Å². The van der Waals surface area contributed by atoms with Gasteiger partial charge in [0, 0.05) is 17.1 Å². The van der Waals surface area contributed by atoms with Crippen molar-refractivity contribution in [1.82, 2.24) is 10.6 Å². The summed E-state index contributed by atoms with van der Waals surface area (Å²) in [5, 5.41) is 14.2. The summed E-state index contributed by atoms with van der Waals surface area (Å²) in [5.41, 5.74) is 1.13. The maximum absolute atomic E-state index is 11.4. The minimum atomic E-state index is -0.0887. The second kappa shape index (κ2) is 7.85. The van der Waals surface area contributed by atoms with E-state index in [1.165, 1.54) is 0 Å². The molecule has 0 fully saturated rings. The molecule has 0 aromatic heterocycles. The first-order valence-electron chi connectivity index (χ1n) is 5.76. The Hall–Kier alpha value is -1.38. The molecule has 0 unspecified atom stereocenters. The number of nitriles is 1. The first-order valence-corrected chi connectivity index (χ1v) is 6.55. The van der Waals surface area contributed by atoms with E-state index in [0.717, 1.165) is 10.0 Å². The molecule has 0 saturated carbocycles. The van der Waals surface area contributed by atoms with Crippen molar-refractivity contribution in [2.45, 2.75) is 19.4 Å². The lowest BCUT2D eigenvalue weighted by atomic mass is 10.1. The summed E-state index contributed by atoms with van der Waals surface area (Å²) in [6.07, 6.45) is 0.341. The van der Waals surface area contributed by atoms with E-state index in [1.807, 2.05) is 37.3 Å². The Morgan fingerprint density at radius 2 is 2.11 bits per heavy atom. The van der Waals surface area contributed by atoms with E-state index in [0.29, 0.717) is 13.0 Å². The third-order valence-electron chi connectivity index (χ3n) is 2.50. The van der Waals surface area contributed by atoms with Crippen LogP contribution in [0.2, 0.25) is 0 Å². The summed E-state index contributed by atoms with van der Waals surface area (Å²) in [7, 11) is 0. The molecule has 0 aliphatic carbocycles.